The summed E-state index contributed by atoms with van der Waals surface area (Å²) in [5, 5.41) is 0. The van der Waals surface area contributed by atoms with Crippen molar-refractivity contribution in [2.45, 2.75) is 19.0 Å². The molecular formula is C23H21N3. The molecule has 3 aromatic rings. The van der Waals surface area contributed by atoms with Crippen LogP contribution in [0.1, 0.15) is 18.4 Å². The fraction of sp³-hybridized carbons (Fsp3) is 0.174. The molecule has 3 heteroatoms. The highest BCUT2D eigenvalue weighted by Gasteiger charge is 2.47. The van der Waals surface area contributed by atoms with Crippen molar-refractivity contribution in [2.75, 3.05) is 9.80 Å². The molecule has 0 spiro atoms. The van der Waals surface area contributed by atoms with Crippen LogP contribution >= 0.6 is 0 Å². The molecule has 0 fully saturated rings. The molecule has 3 nitrogen and oxygen atoms in total. The SMILES string of the molecule is C=CC1c2ccccc2N2c3ncccc3N(c3ccccc3)C2C1C. The van der Waals surface area contributed by atoms with Crippen molar-refractivity contribution in [1.82, 2.24) is 4.98 Å². The predicted molar refractivity (Wildman–Crippen MR) is 107 cm³/mol. The second-order valence-electron chi connectivity index (χ2n) is 7.01. The third kappa shape index (κ3) is 1.97. The highest BCUT2D eigenvalue weighted by molar-refractivity contribution is 5.87. The lowest BCUT2D eigenvalue weighted by atomic mass is 9.80. The summed E-state index contributed by atoms with van der Waals surface area (Å²) in [5.41, 5.74) is 4.93. The second-order valence-corrected chi connectivity index (χ2v) is 7.01. The Labute approximate surface area is 154 Å². The fourth-order valence-corrected chi connectivity index (χ4v) is 4.55. The van der Waals surface area contributed by atoms with Gasteiger partial charge in [-0.1, -0.05) is 49.4 Å². The molecule has 0 aliphatic carbocycles. The Hall–Kier alpha value is -3.07. The molecule has 0 amide bonds. The zero-order chi connectivity index (χ0) is 17.7. The first-order chi connectivity index (χ1) is 12.8. The van der Waals surface area contributed by atoms with E-state index in [1.807, 2.05) is 12.3 Å². The molecule has 3 heterocycles. The number of rotatable bonds is 2. The van der Waals surface area contributed by atoms with Crippen LogP contribution in [0.2, 0.25) is 0 Å². The predicted octanol–water partition coefficient (Wildman–Crippen LogP) is 5.62. The summed E-state index contributed by atoms with van der Waals surface area (Å²) in [6, 6.07) is 23.5. The van der Waals surface area contributed by atoms with Gasteiger partial charge in [-0.15, -0.1) is 6.58 Å². The van der Waals surface area contributed by atoms with Crippen LogP contribution < -0.4 is 9.80 Å². The van der Waals surface area contributed by atoms with Crippen LogP contribution in [0.4, 0.5) is 22.9 Å². The largest absolute Gasteiger partial charge is 0.317 e. The quantitative estimate of drug-likeness (QED) is 0.565. The van der Waals surface area contributed by atoms with Crippen molar-refractivity contribution >= 4 is 22.9 Å². The average Bonchev–Trinajstić information content (AvgIpc) is 3.05. The zero-order valence-electron chi connectivity index (χ0n) is 14.8. The molecule has 128 valence electrons. The number of fused-ring (bicyclic) bond motifs is 5. The molecule has 26 heavy (non-hydrogen) atoms. The van der Waals surface area contributed by atoms with Crippen molar-refractivity contribution < 1.29 is 0 Å². The first-order valence-corrected chi connectivity index (χ1v) is 9.11. The standard InChI is InChI=1S/C23H21N3/c1-3-18-16(2)23-25(17-10-5-4-6-11-17)21-14-9-15-24-22(21)26(23)20-13-8-7-12-19(18)20/h3-16,18,23H,1H2,2H3. The Morgan fingerprint density at radius 2 is 1.62 bits per heavy atom. The maximum absolute atomic E-state index is 4.76. The Morgan fingerprint density at radius 1 is 0.885 bits per heavy atom. The summed E-state index contributed by atoms with van der Waals surface area (Å²) in [6.45, 7) is 6.46. The summed E-state index contributed by atoms with van der Waals surface area (Å²) in [4.78, 5) is 9.60. The molecule has 0 bridgehead atoms. The van der Waals surface area contributed by atoms with Crippen LogP contribution in [0.25, 0.3) is 0 Å². The average molecular weight is 339 g/mol. The molecule has 0 radical (unpaired) electrons. The van der Waals surface area contributed by atoms with Gasteiger partial charge in [0.25, 0.3) is 0 Å². The molecule has 0 saturated heterocycles. The molecule has 2 aromatic carbocycles. The number of para-hydroxylation sites is 2. The third-order valence-corrected chi connectivity index (χ3v) is 5.66. The topological polar surface area (TPSA) is 19.4 Å². The van der Waals surface area contributed by atoms with Gasteiger partial charge >= 0.3 is 0 Å². The number of hydrogen-bond acceptors (Lipinski definition) is 3. The second kappa shape index (κ2) is 5.73. The fourth-order valence-electron chi connectivity index (χ4n) is 4.55. The lowest BCUT2D eigenvalue weighted by molar-refractivity contribution is 0.409. The number of hydrogen-bond donors (Lipinski definition) is 0. The lowest BCUT2D eigenvalue weighted by Crippen LogP contribution is -2.48. The summed E-state index contributed by atoms with van der Waals surface area (Å²) in [6.07, 6.45) is 4.16. The Balaban J connectivity index is 1.78. The van der Waals surface area contributed by atoms with E-state index >= 15 is 0 Å². The van der Waals surface area contributed by atoms with Gasteiger partial charge in [0.1, 0.15) is 6.17 Å². The van der Waals surface area contributed by atoms with Crippen LogP contribution in [0, 0.1) is 5.92 Å². The highest BCUT2D eigenvalue weighted by atomic mass is 15.5. The summed E-state index contributed by atoms with van der Waals surface area (Å²) < 4.78 is 0. The number of allylic oxidation sites excluding steroid dienone is 1. The number of pyridine rings is 1. The van der Waals surface area contributed by atoms with Crippen LogP contribution in [0.3, 0.4) is 0 Å². The Kier molecular flexibility index (Phi) is 3.35. The summed E-state index contributed by atoms with van der Waals surface area (Å²) in [5.74, 6) is 1.72. The number of nitrogens with zero attached hydrogens (tertiary/aromatic N) is 3. The molecule has 1 aromatic heterocycles. The van der Waals surface area contributed by atoms with E-state index in [9.17, 15) is 0 Å². The Morgan fingerprint density at radius 3 is 2.42 bits per heavy atom. The van der Waals surface area contributed by atoms with E-state index in [-0.39, 0.29) is 6.17 Å². The molecular weight excluding hydrogens is 318 g/mol. The highest BCUT2D eigenvalue weighted by Crippen LogP contribution is 2.55. The first kappa shape index (κ1) is 15.2. The molecule has 2 aliphatic heterocycles. The monoisotopic (exact) mass is 339 g/mol. The van der Waals surface area contributed by atoms with E-state index in [1.54, 1.807) is 0 Å². The molecule has 3 atom stereocenters. The van der Waals surface area contributed by atoms with Crippen LogP contribution in [0.5, 0.6) is 0 Å². The van der Waals surface area contributed by atoms with Gasteiger partial charge in [0.05, 0.1) is 5.69 Å². The van der Waals surface area contributed by atoms with Crippen molar-refractivity contribution in [1.29, 1.82) is 0 Å². The minimum Gasteiger partial charge on any atom is -0.317 e. The van der Waals surface area contributed by atoms with Gasteiger partial charge < -0.3 is 9.80 Å². The van der Waals surface area contributed by atoms with E-state index in [1.165, 1.54) is 16.9 Å². The summed E-state index contributed by atoms with van der Waals surface area (Å²) in [7, 11) is 0. The molecule has 2 aliphatic rings. The van der Waals surface area contributed by atoms with Crippen molar-refractivity contribution in [3.8, 4) is 0 Å². The zero-order valence-corrected chi connectivity index (χ0v) is 14.8. The molecule has 0 N–H and O–H groups in total. The lowest BCUT2D eigenvalue weighted by Gasteiger charge is -2.44. The molecule has 3 unspecified atom stereocenters. The van der Waals surface area contributed by atoms with Gasteiger partial charge in [-0.3, -0.25) is 0 Å². The summed E-state index contributed by atoms with van der Waals surface area (Å²) >= 11 is 0. The van der Waals surface area contributed by atoms with E-state index < -0.39 is 0 Å². The van der Waals surface area contributed by atoms with E-state index in [0.29, 0.717) is 11.8 Å². The van der Waals surface area contributed by atoms with E-state index in [2.05, 4.69) is 90.0 Å². The third-order valence-electron chi connectivity index (χ3n) is 5.66. The normalized spacial score (nSPS) is 23.2. The smallest absolute Gasteiger partial charge is 0.158 e. The number of aromatic nitrogens is 1. The minimum absolute atomic E-state index is 0.181. The molecule has 0 saturated carbocycles. The van der Waals surface area contributed by atoms with Crippen molar-refractivity contribution in [3.63, 3.8) is 0 Å². The van der Waals surface area contributed by atoms with Crippen LogP contribution in [-0.2, 0) is 0 Å². The Bertz CT molecular complexity index is 966. The number of benzene rings is 2. The maximum atomic E-state index is 4.76. The van der Waals surface area contributed by atoms with Gasteiger partial charge in [0.2, 0.25) is 0 Å². The molecule has 5 rings (SSSR count). The van der Waals surface area contributed by atoms with Gasteiger partial charge in [-0.2, -0.15) is 0 Å². The minimum atomic E-state index is 0.181. The van der Waals surface area contributed by atoms with Gasteiger partial charge in [-0.05, 0) is 35.9 Å². The van der Waals surface area contributed by atoms with Gasteiger partial charge in [0, 0.05) is 29.4 Å². The van der Waals surface area contributed by atoms with E-state index in [4.69, 9.17) is 4.98 Å². The number of anilines is 4. The van der Waals surface area contributed by atoms with Crippen molar-refractivity contribution in [3.05, 3.63) is 91.1 Å². The van der Waals surface area contributed by atoms with Gasteiger partial charge in [-0.25, -0.2) is 4.98 Å². The maximum Gasteiger partial charge on any atom is 0.158 e. The van der Waals surface area contributed by atoms with Crippen LogP contribution in [-0.4, -0.2) is 11.1 Å². The first-order valence-electron chi connectivity index (χ1n) is 9.11. The van der Waals surface area contributed by atoms with Crippen LogP contribution in [0.15, 0.2) is 85.6 Å². The van der Waals surface area contributed by atoms with Gasteiger partial charge in [0.15, 0.2) is 5.82 Å². The van der Waals surface area contributed by atoms with E-state index in [0.717, 1.165) is 11.5 Å². The van der Waals surface area contributed by atoms with Crippen molar-refractivity contribution in [2.24, 2.45) is 5.92 Å².